The minimum Gasteiger partial charge on any atom is -0.459 e. The largest absolute Gasteiger partial charge is 0.459 e. The van der Waals surface area contributed by atoms with Gasteiger partial charge in [-0.1, -0.05) is 0 Å². The van der Waals surface area contributed by atoms with E-state index in [9.17, 15) is 23.1 Å². The Morgan fingerprint density at radius 3 is 2.20 bits per heavy atom. The third kappa shape index (κ3) is 5.66. The molecule has 0 spiro atoms. The van der Waals surface area contributed by atoms with Crippen LogP contribution in [0.5, 0.6) is 0 Å². The van der Waals surface area contributed by atoms with E-state index >= 15 is 0 Å². The number of piperidine rings is 1. The van der Waals surface area contributed by atoms with Gasteiger partial charge in [0, 0.05) is 0 Å². The van der Waals surface area contributed by atoms with Crippen LogP contribution in [0.15, 0.2) is 0 Å². The Labute approximate surface area is 116 Å². The molecular weight excluding hydrogens is 275 g/mol. The van der Waals surface area contributed by atoms with E-state index in [1.165, 1.54) is 0 Å². The van der Waals surface area contributed by atoms with Crippen LogP contribution in [0.2, 0.25) is 0 Å². The van der Waals surface area contributed by atoms with Gasteiger partial charge in [-0.3, -0.25) is 9.69 Å². The maximum Gasteiger partial charge on any atom is 0.414 e. The molecule has 1 aliphatic heterocycles. The summed E-state index contributed by atoms with van der Waals surface area (Å²) in [6, 6.07) is 0. The summed E-state index contributed by atoms with van der Waals surface area (Å²) in [6.45, 7) is 6.07. The van der Waals surface area contributed by atoms with E-state index in [-0.39, 0.29) is 25.4 Å². The molecular formula is C13H22F3NO3. The van der Waals surface area contributed by atoms with Crippen LogP contribution >= 0.6 is 0 Å². The van der Waals surface area contributed by atoms with Crippen LogP contribution in [-0.2, 0) is 9.53 Å². The minimum absolute atomic E-state index is 0.0755. The molecule has 0 aromatic heterocycles. The Hall–Kier alpha value is -0.820. The van der Waals surface area contributed by atoms with E-state index in [1.807, 2.05) is 0 Å². The van der Waals surface area contributed by atoms with Crippen molar-refractivity contribution in [3.8, 4) is 0 Å². The molecule has 0 amide bonds. The molecule has 1 unspecified atom stereocenters. The van der Waals surface area contributed by atoms with Gasteiger partial charge in [0.1, 0.15) is 5.60 Å². The lowest BCUT2D eigenvalue weighted by Gasteiger charge is -2.34. The van der Waals surface area contributed by atoms with E-state index in [0.29, 0.717) is 13.1 Å². The van der Waals surface area contributed by atoms with Gasteiger partial charge < -0.3 is 9.84 Å². The predicted molar refractivity (Wildman–Crippen MR) is 67.1 cm³/mol. The zero-order valence-corrected chi connectivity index (χ0v) is 12.0. The first-order valence-electron chi connectivity index (χ1n) is 6.68. The van der Waals surface area contributed by atoms with Gasteiger partial charge in [0.25, 0.3) is 0 Å². The molecule has 0 aromatic carbocycles. The van der Waals surface area contributed by atoms with Gasteiger partial charge >= 0.3 is 12.1 Å². The number of ether oxygens (including phenoxy) is 1. The van der Waals surface area contributed by atoms with Crippen molar-refractivity contribution in [3.05, 3.63) is 0 Å². The van der Waals surface area contributed by atoms with Gasteiger partial charge in [-0.15, -0.1) is 0 Å². The molecule has 1 fully saturated rings. The number of aliphatic hydroxyl groups excluding tert-OH is 1. The topological polar surface area (TPSA) is 49.8 Å². The quantitative estimate of drug-likeness (QED) is 0.809. The highest BCUT2D eigenvalue weighted by molar-refractivity contribution is 5.72. The molecule has 1 aliphatic rings. The van der Waals surface area contributed by atoms with Gasteiger partial charge in [-0.05, 0) is 52.6 Å². The molecule has 20 heavy (non-hydrogen) atoms. The first kappa shape index (κ1) is 17.2. The molecule has 0 saturated carbocycles. The number of aliphatic hydroxyl groups is 1. The molecule has 7 heteroatoms. The van der Waals surface area contributed by atoms with E-state index in [1.54, 1.807) is 25.7 Å². The summed E-state index contributed by atoms with van der Waals surface area (Å²) in [6.07, 6.45) is -6.39. The third-order valence-corrected chi connectivity index (χ3v) is 3.19. The van der Waals surface area contributed by atoms with Gasteiger partial charge in [0.05, 0.1) is 6.54 Å². The summed E-state index contributed by atoms with van der Waals surface area (Å²) in [5, 5.41) is 9.20. The van der Waals surface area contributed by atoms with E-state index < -0.39 is 23.8 Å². The second kappa shape index (κ2) is 6.30. The smallest absolute Gasteiger partial charge is 0.414 e. The molecule has 118 valence electrons. The number of nitrogens with zero attached hydrogens (tertiary/aromatic N) is 1. The molecule has 0 aromatic rings. The molecule has 1 atom stereocenters. The zero-order chi connectivity index (χ0) is 15.6. The lowest BCUT2D eigenvalue weighted by Crippen LogP contribution is -2.45. The van der Waals surface area contributed by atoms with Crippen molar-refractivity contribution in [3.63, 3.8) is 0 Å². The van der Waals surface area contributed by atoms with Crippen molar-refractivity contribution < 1.29 is 27.8 Å². The van der Waals surface area contributed by atoms with Crippen molar-refractivity contribution in [2.45, 2.75) is 51.5 Å². The van der Waals surface area contributed by atoms with Crippen molar-refractivity contribution >= 4 is 5.97 Å². The number of carbonyl (C=O) groups excluding carboxylic acids is 1. The molecule has 0 bridgehead atoms. The van der Waals surface area contributed by atoms with Crippen LogP contribution in [-0.4, -0.2) is 53.5 Å². The van der Waals surface area contributed by atoms with Crippen molar-refractivity contribution in [2.75, 3.05) is 19.6 Å². The molecule has 1 heterocycles. The van der Waals surface area contributed by atoms with Crippen LogP contribution in [0.4, 0.5) is 13.2 Å². The summed E-state index contributed by atoms with van der Waals surface area (Å²) in [7, 11) is 0. The van der Waals surface area contributed by atoms with Crippen LogP contribution in [0, 0.1) is 5.92 Å². The van der Waals surface area contributed by atoms with Gasteiger partial charge in [-0.25, -0.2) is 0 Å². The highest BCUT2D eigenvalue weighted by Gasteiger charge is 2.44. The lowest BCUT2D eigenvalue weighted by atomic mass is 9.91. The third-order valence-electron chi connectivity index (χ3n) is 3.19. The first-order chi connectivity index (χ1) is 8.99. The number of alkyl halides is 3. The number of esters is 1. The Morgan fingerprint density at radius 2 is 1.80 bits per heavy atom. The van der Waals surface area contributed by atoms with E-state index in [0.717, 1.165) is 0 Å². The average Bonchev–Trinajstić information content (AvgIpc) is 2.25. The first-order valence-corrected chi connectivity index (χ1v) is 6.68. The number of rotatable bonds is 3. The molecule has 1 N–H and O–H groups in total. The number of hydrogen-bond donors (Lipinski definition) is 1. The van der Waals surface area contributed by atoms with Crippen LogP contribution in [0.1, 0.15) is 33.6 Å². The second-order valence-corrected chi connectivity index (χ2v) is 6.19. The van der Waals surface area contributed by atoms with Gasteiger partial charge in [0.2, 0.25) is 0 Å². The van der Waals surface area contributed by atoms with Crippen molar-refractivity contribution in [1.29, 1.82) is 0 Å². The van der Waals surface area contributed by atoms with Crippen molar-refractivity contribution in [1.82, 2.24) is 4.90 Å². The lowest BCUT2D eigenvalue weighted by molar-refractivity contribution is -0.223. The molecule has 0 aliphatic carbocycles. The van der Waals surface area contributed by atoms with Crippen LogP contribution in [0.3, 0.4) is 0 Å². The van der Waals surface area contributed by atoms with Crippen molar-refractivity contribution in [2.24, 2.45) is 5.92 Å². The predicted octanol–water partition coefficient (Wildman–Crippen LogP) is 1.96. The number of hydrogen-bond acceptors (Lipinski definition) is 4. The maximum atomic E-state index is 12.4. The summed E-state index contributed by atoms with van der Waals surface area (Å²) in [4.78, 5) is 13.4. The van der Waals surface area contributed by atoms with Gasteiger partial charge in [0.15, 0.2) is 6.10 Å². The monoisotopic (exact) mass is 297 g/mol. The highest BCUT2D eigenvalue weighted by atomic mass is 19.4. The fraction of sp³-hybridized carbons (Fsp3) is 0.923. The Bertz CT molecular complexity index is 331. The second-order valence-electron chi connectivity index (χ2n) is 6.19. The van der Waals surface area contributed by atoms with E-state index in [4.69, 9.17) is 4.74 Å². The van der Waals surface area contributed by atoms with Gasteiger partial charge in [-0.2, -0.15) is 13.2 Å². The fourth-order valence-electron chi connectivity index (χ4n) is 2.25. The van der Waals surface area contributed by atoms with E-state index in [2.05, 4.69) is 0 Å². The Morgan fingerprint density at radius 1 is 1.30 bits per heavy atom. The maximum absolute atomic E-state index is 12.4. The molecule has 0 radical (unpaired) electrons. The number of halogens is 3. The van der Waals surface area contributed by atoms with Crippen LogP contribution < -0.4 is 0 Å². The Balaban J connectivity index is 2.38. The van der Waals surface area contributed by atoms with Crippen LogP contribution in [0.25, 0.3) is 0 Å². The highest BCUT2D eigenvalue weighted by Crippen LogP contribution is 2.31. The summed E-state index contributed by atoms with van der Waals surface area (Å²) in [5.74, 6) is -1.17. The SMILES string of the molecule is CC(C)(C)OC(=O)CN1CCC(C(O)C(F)(F)F)CC1. The Kier molecular flexibility index (Phi) is 5.43. The molecule has 1 saturated heterocycles. The standard InChI is InChI=1S/C13H22F3NO3/c1-12(2,3)20-10(18)8-17-6-4-9(5-7-17)11(19)13(14,15)16/h9,11,19H,4-8H2,1-3H3. The summed E-state index contributed by atoms with van der Waals surface area (Å²) < 4.78 is 42.3. The number of carbonyl (C=O) groups is 1. The normalized spacial score (nSPS) is 20.8. The zero-order valence-electron chi connectivity index (χ0n) is 12.0. The average molecular weight is 297 g/mol. The minimum atomic E-state index is -4.57. The summed E-state index contributed by atoms with van der Waals surface area (Å²) >= 11 is 0. The fourth-order valence-corrected chi connectivity index (χ4v) is 2.25. The number of likely N-dealkylation sites (tertiary alicyclic amines) is 1. The molecule has 4 nitrogen and oxygen atoms in total. The summed E-state index contributed by atoms with van der Waals surface area (Å²) in [5.41, 5.74) is -0.568. The molecule has 1 rings (SSSR count).